The van der Waals surface area contributed by atoms with Crippen LogP contribution in [-0.2, 0) is 6.42 Å². The number of nitrogens with one attached hydrogen (secondary N) is 1. The number of benzene rings is 1. The maximum Gasteiger partial charge on any atom is 0.129 e. The van der Waals surface area contributed by atoms with Crippen LogP contribution in [0.15, 0.2) is 18.2 Å². The van der Waals surface area contributed by atoms with Gasteiger partial charge in [0.15, 0.2) is 0 Å². The Kier molecular flexibility index (Phi) is 5.58. The molecule has 0 bridgehead atoms. The Hall–Kier alpha value is -0.670. The molecule has 0 aliphatic carbocycles. The summed E-state index contributed by atoms with van der Waals surface area (Å²) in [7, 11) is 0. The summed E-state index contributed by atoms with van der Waals surface area (Å²) in [6.45, 7) is 1.51. The lowest BCUT2D eigenvalue weighted by Gasteiger charge is -2.04. The van der Waals surface area contributed by atoms with Gasteiger partial charge in [0.2, 0.25) is 0 Å². The highest BCUT2D eigenvalue weighted by atomic mass is 35.5. The molecule has 0 unspecified atom stereocenters. The maximum atomic E-state index is 13.1. The van der Waals surface area contributed by atoms with Crippen LogP contribution in [0.3, 0.4) is 0 Å². The van der Waals surface area contributed by atoms with Crippen molar-refractivity contribution in [2.45, 2.75) is 12.8 Å². The predicted octanol–water partition coefficient (Wildman–Crippen LogP) is 2.73. The topological polar surface area (TPSA) is 12.0 Å². The van der Waals surface area contributed by atoms with Crippen LogP contribution in [0.5, 0.6) is 0 Å². The SMILES string of the molecule is Fc1ccc(CCNCCCCl)c(F)c1. The fraction of sp³-hybridized carbons (Fsp3) is 0.455. The summed E-state index contributed by atoms with van der Waals surface area (Å²) in [4.78, 5) is 0. The minimum Gasteiger partial charge on any atom is -0.316 e. The van der Waals surface area contributed by atoms with Gasteiger partial charge < -0.3 is 5.32 Å². The lowest BCUT2D eigenvalue weighted by atomic mass is 10.1. The molecule has 0 saturated heterocycles. The van der Waals surface area contributed by atoms with Crippen LogP contribution in [0.1, 0.15) is 12.0 Å². The summed E-state index contributed by atoms with van der Waals surface area (Å²) < 4.78 is 25.7. The molecule has 0 aromatic heterocycles. The van der Waals surface area contributed by atoms with Crippen molar-refractivity contribution in [3.63, 3.8) is 0 Å². The molecule has 0 aliphatic heterocycles. The van der Waals surface area contributed by atoms with E-state index >= 15 is 0 Å². The Morgan fingerprint density at radius 3 is 2.67 bits per heavy atom. The summed E-state index contributed by atoms with van der Waals surface area (Å²) in [6, 6.07) is 3.67. The molecule has 0 aliphatic rings. The van der Waals surface area contributed by atoms with Crippen molar-refractivity contribution in [2.24, 2.45) is 0 Å². The molecule has 0 fully saturated rings. The van der Waals surface area contributed by atoms with Gasteiger partial charge in [-0.3, -0.25) is 0 Å². The molecule has 0 radical (unpaired) electrons. The number of hydrogen-bond donors (Lipinski definition) is 1. The first-order chi connectivity index (χ1) is 7.24. The molecule has 1 aromatic carbocycles. The van der Waals surface area contributed by atoms with Gasteiger partial charge in [-0.25, -0.2) is 8.78 Å². The van der Waals surface area contributed by atoms with E-state index in [1.54, 1.807) is 0 Å². The largest absolute Gasteiger partial charge is 0.316 e. The maximum absolute atomic E-state index is 13.1. The molecular formula is C11H14ClF2N. The third-order valence-electron chi connectivity index (χ3n) is 2.07. The van der Waals surface area contributed by atoms with Crippen LogP contribution in [-0.4, -0.2) is 19.0 Å². The fourth-order valence-corrected chi connectivity index (χ4v) is 1.40. The van der Waals surface area contributed by atoms with Crippen LogP contribution >= 0.6 is 11.6 Å². The highest BCUT2D eigenvalue weighted by Gasteiger charge is 2.02. The molecular weight excluding hydrogens is 220 g/mol. The van der Waals surface area contributed by atoms with Crippen molar-refractivity contribution in [1.29, 1.82) is 0 Å². The molecule has 84 valence electrons. The van der Waals surface area contributed by atoms with Gasteiger partial charge in [0.25, 0.3) is 0 Å². The molecule has 1 rings (SSSR count). The second-order valence-corrected chi connectivity index (χ2v) is 3.66. The molecule has 1 nitrogen and oxygen atoms in total. The van der Waals surface area contributed by atoms with Crippen LogP contribution in [0.25, 0.3) is 0 Å². The highest BCUT2D eigenvalue weighted by molar-refractivity contribution is 6.17. The summed E-state index contributed by atoms with van der Waals surface area (Å²) in [5.74, 6) is -0.391. The van der Waals surface area contributed by atoms with Crippen molar-refractivity contribution in [1.82, 2.24) is 5.32 Å². The Labute approximate surface area is 93.4 Å². The van der Waals surface area contributed by atoms with E-state index in [0.717, 1.165) is 19.0 Å². The lowest BCUT2D eigenvalue weighted by Crippen LogP contribution is -2.19. The Balaban J connectivity index is 2.31. The second kappa shape index (κ2) is 6.75. The van der Waals surface area contributed by atoms with E-state index in [2.05, 4.69) is 5.32 Å². The predicted molar refractivity (Wildman–Crippen MR) is 58.3 cm³/mol. The quantitative estimate of drug-likeness (QED) is 0.589. The summed E-state index contributed by atoms with van der Waals surface area (Å²) in [5.41, 5.74) is 0.537. The highest BCUT2D eigenvalue weighted by Crippen LogP contribution is 2.09. The second-order valence-electron chi connectivity index (χ2n) is 3.28. The number of halogens is 3. The number of alkyl halides is 1. The summed E-state index contributed by atoms with van der Waals surface area (Å²) >= 11 is 5.50. The van der Waals surface area contributed by atoms with E-state index in [4.69, 9.17) is 11.6 Å². The average Bonchev–Trinajstić information content (AvgIpc) is 2.20. The van der Waals surface area contributed by atoms with Crippen LogP contribution in [0, 0.1) is 11.6 Å². The van der Waals surface area contributed by atoms with Crippen LogP contribution in [0.2, 0.25) is 0 Å². The van der Waals surface area contributed by atoms with Crippen LogP contribution < -0.4 is 5.32 Å². The molecule has 0 spiro atoms. The third-order valence-corrected chi connectivity index (χ3v) is 2.34. The van der Waals surface area contributed by atoms with E-state index in [9.17, 15) is 8.78 Å². The minimum absolute atomic E-state index is 0.478. The zero-order valence-electron chi connectivity index (χ0n) is 8.40. The zero-order valence-corrected chi connectivity index (χ0v) is 9.16. The lowest BCUT2D eigenvalue weighted by molar-refractivity contribution is 0.566. The van der Waals surface area contributed by atoms with Gasteiger partial charge >= 0.3 is 0 Å². The first-order valence-electron chi connectivity index (χ1n) is 4.94. The van der Waals surface area contributed by atoms with Gasteiger partial charge in [0.05, 0.1) is 0 Å². The van der Waals surface area contributed by atoms with Crippen molar-refractivity contribution in [3.8, 4) is 0 Å². The van der Waals surface area contributed by atoms with Crippen LogP contribution in [0.4, 0.5) is 8.78 Å². The molecule has 15 heavy (non-hydrogen) atoms. The van der Waals surface area contributed by atoms with Gasteiger partial charge in [-0.15, -0.1) is 11.6 Å². The zero-order chi connectivity index (χ0) is 11.1. The Morgan fingerprint density at radius 1 is 1.20 bits per heavy atom. The van der Waals surface area contributed by atoms with Gasteiger partial charge in [-0.05, 0) is 37.6 Å². The third kappa shape index (κ3) is 4.58. The Bertz CT molecular complexity index is 305. The van der Waals surface area contributed by atoms with Crippen molar-refractivity contribution in [2.75, 3.05) is 19.0 Å². The van der Waals surface area contributed by atoms with Crippen molar-refractivity contribution < 1.29 is 8.78 Å². The number of rotatable bonds is 6. The average molecular weight is 234 g/mol. The van der Waals surface area contributed by atoms with E-state index in [1.165, 1.54) is 12.1 Å². The fourth-order valence-electron chi connectivity index (χ4n) is 1.26. The molecule has 1 aromatic rings. The first-order valence-corrected chi connectivity index (χ1v) is 5.48. The van der Waals surface area contributed by atoms with E-state index in [1.807, 2.05) is 0 Å². The Morgan fingerprint density at radius 2 is 2.00 bits per heavy atom. The standard InChI is InChI=1S/C11H14ClF2N/c12-5-1-6-15-7-4-9-2-3-10(13)8-11(9)14/h2-3,8,15H,1,4-7H2. The molecule has 4 heteroatoms. The van der Waals surface area contributed by atoms with E-state index < -0.39 is 11.6 Å². The summed E-state index contributed by atoms with van der Waals surface area (Å²) in [6.07, 6.45) is 1.46. The first kappa shape index (κ1) is 12.4. The van der Waals surface area contributed by atoms with Gasteiger partial charge in [-0.2, -0.15) is 0 Å². The number of hydrogen-bond acceptors (Lipinski definition) is 1. The van der Waals surface area contributed by atoms with Gasteiger partial charge in [-0.1, -0.05) is 6.07 Å². The molecule has 0 saturated carbocycles. The van der Waals surface area contributed by atoms with Gasteiger partial charge in [0, 0.05) is 11.9 Å². The van der Waals surface area contributed by atoms with Crippen molar-refractivity contribution in [3.05, 3.63) is 35.4 Å². The monoisotopic (exact) mass is 233 g/mol. The van der Waals surface area contributed by atoms with Gasteiger partial charge in [0.1, 0.15) is 11.6 Å². The summed E-state index contributed by atoms with van der Waals surface area (Å²) in [5, 5.41) is 3.13. The molecule has 0 amide bonds. The van der Waals surface area contributed by atoms with E-state index in [-0.39, 0.29) is 0 Å². The molecule has 0 atom stereocenters. The van der Waals surface area contributed by atoms with Crippen molar-refractivity contribution >= 4 is 11.6 Å². The smallest absolute Gasteiger partial charge is 0.129 e. The molecule has 0 heterocycles. The normalized spacial score (nSPS) is 10.6. The van der Waals surface area contributed by atoms with E-state index in [0.29, 0.717) is 24.4 Å². The molecule has 1 N–H and O–H groups in total. The minimum atomic E-state index is -0.536.